The Balaban J connectivity index is 3.54. The first-order chi connectivity index (χ1) is 2.94. The molecule has 0 saturated heterocycles. The molecule has 0 radical (unpaired) electrons. The largest absolute Gasteiger partial charge is 0.284 e. The van der Waals surface area contributed by atoms with E-state index >= 15 is 0 Å². The fourth-order valence-corrected chi connectivity index (χ4v) is 0. The molecule has 0 aromatic carbocycles. The minimum Gasteiger partial charge on any atom is -0.284 e. The third kappa shape index (κ3) is 2.60. The maximum absolute atomic E-state index is 12.5. The zero-order valence-corrected chi connectivity index (χ0v) is 5.38. The van der Waals surface area contributed by atoms with E-state index in [0.29, 0.717) is 0 Å². The summed E-state index contributed by atoms with van der Waals surface area (Å²) >= 11 is 0. The molecular formula is C6H12F-. The van der Waals surface area contributed by atoms with Crippen molar-refractivity contribution in [3.05, 3.63) is 5.92 Å². The Labute approximate surface area is 44.7 Å². The third-order valence-corrected chi connectivity index (χ3v) is 1.19. The molecule has 0 N–H and O–H groups in total. The van der Waals surface area contributed by atoms with E-state index in [1.165, 1.54) is 0 Å². The zero-order valence-electron chi connectivity index (χ0n) is 5.38. The summed E-state index contributed by atoms with van der Waals surface area (Å²) in [5.74, 6) is 0.826. The maximum atomic E-state index is 12.5. The predicted molar refractivity (Wildman–Crippen MR) is 29.8 cm³/mol. The van der Waals surface area contributed by atoms with Gasteiger partial charge in [0.2, 0.25) is 0 Å². The van der Waals surface area contributed by atoms with E-state index in [1.807, 2.05) is 0 Å². The molecule has 0 atom stereocenters. The van der Waals surface area contributed by atoms with Crippen LogP contribution < -0.4 is 0 Å². The minimum absolute atomic E-state index is 0.826. The summed E-state index contributed by atoms with van der Waals surface area (Å²) in [5.41, 5.74) is -1.08. The van der Waals surface area contributed by atoms with E-state index in [-0.39, 0.29) is 0 Å². The number of hydrogen-bond acceptors (Lipinski definition) is 0. The van der Waals surface area contributed by atoms with Crippen LogP contribution in [-0.2, 0) is 0 Å². The number of rotatable bonds is 1. The van der Waals surface area contributed by atoms with Gasteiger partial charge in [0.1, 0.15) is 0 Å². The molecule has 0 rings (SSSR count). The van der Waals surface area contributed by atoms with E-state index in [2.05, 4.69) is 0 Å². The summed E-state index contributed by atoms with van der Waals surface area (Å²) in [7, 11) is 0. The highest BCUT2D eigenvalue weighted by Gasteiger charge is 2.06. The van der Waals surface area contributed by atoms with Crippen LogP contribution in [-0.4, -0.2) is 5.67 Å². The van der Waals surface area contributed by atoms with Gasteiger partial charge in [-0.3, -0.25) is 10.3 Å². The average molecular weight is 103 g/mol. The van der Waals surface area contributed by atoms with Crippen molar-refractivity contribution in [2.75, 3.05) is 0 Å². The lowest BCUT2D eigenvalue weighted by molar-refractivity contribution is 0.236. The normalized spacial score (nSPS) is 12.9. The lowest BCUT2D eigenvalue weighted by Crippen LogP contribution is -2.17. The molecule has 7 heavy (non-hydrogen) atoms. The fraction of sp³-hybridized carbons (Fsp3) is 0.833. The summed E-state index contributed by atoms with van der Waals surface area (Å²) in [6.07, 6.45) is 0. The van der Waals surface area contributed by atoms with Gasteiger partial charge in [0.25, 0.3) is 0 Å². The van der Waals surface area contributed by atoms with Crippen molar-refractivity contribution in [3.8, 4) is 0 Å². The highest BCUT2D eigenvalue weighted by molar-refractivity contribution is 4.95. The lowest BCUT2D eigenvalue weighted by atomic mass is 9.97. The molecule has 0 aliphatic heterocycles. The highest BCUT2D eigenvalue weighted by atomic mass is 19.1. The Morgan fingerprint density at radius 3 is 1.43 bits per heavy atom. The van der Waals surface area contributed by atoms with Crippen LogP contribution in [0.2, 0.25) is 0 Å². The molecule has 0 saturated carbocycles. The van der Waals surface area contributed by atoms with Gasteiger partial charge in [0, 0.05) is 0 Å². The van der Waals surface area contributed by atoms with E-state index in [4.69, 9.17) is 0 Å². The van der Waals surface area contributed by atoms with Gasteiger partial charge in [0.05, 0.1) is 0 Å². The maximum Gasteiger partial charge on any atom is -0.0132 e. The second-order valence-corrected chi connectivity index (χ2v) is 2.47. The second-order valence-electron chi connectivity index (χ2n) is 2.47. The van der Waals surface area contributed by atoms with Crippen LogP contribution in [0.3, 0.4) is 0 Å². The van der Waals surface area contributed by atoms with Crippen molar-refractivity contribution in [2.24, 2.45) is 0 Å². The van der Waals surface area contributed by atoms with Gasteiger partial charge >= 0.3 is 0 Å². The van der Waals surface area contributed by atoms with Crippen molar-refractivity contribution in [1.82, 2.24) is 0 Å². The zero-order chi connectivity index (χ0) is 6.08. The molecule has 0 spiro atoms. The molecule has 0 heterocycles. The van der Waals surface area contributed by atoms with Gasteiger partial charge in [-0.15, -0.1) is 0 Å². The van der Waals surface area contributed by atoms with Gasteiger partial charge in [-0.25, -0.2) is 0 Å². The summed E-state index contributed by atoms with van der Waals surface area (Å²) in [5, 5.41) is 0. The number of alkyl halides is 1. The van der Waals surface area contributed by atoms with Crippen LogP contribution in [0.1, 0.15) is 27.7 Å². The topological polar surface area (TPSA) is 0 Å². The first-order valence-electron chi connectivity index (χ1n) is 2.44. The van der Waals surface area contributed by atoms with Crippen LogP contribution >= 0.6 is 0 Å². The molecule has 0 amide bonds. The Bertz CT molecular complexity index is 49.7. The molecule has 44 valence electrons. The smallest absolute Gasteiger partial charge is 0.0132 e. The lowest BCUT2D eigenvalue weighted by Gasteiger charge is -2.31. The highest BCUT2D eigenvalue weighted by Crippen LogP contribution is 2.20. The van der Waals surface area contributed by atoms with Gasteiger partial charge in [-0.05, 0) is 5.67 Å². The van der Waals surface area contributed by atoms with Gasteiger partial charge in [-0.2, -0.15) is 13.8 Å². The number of halogens is 1. The Morgan fingerprint density at radius 1 is 1.29 bits per heavy atom. The Hall–Kier alpha value is -0.0700. The summed E-state index contributed by atoms with van der Waals surface area (Å²) in [6, 6.07) is 0. The van der Waals surface area contributed by atoms with Crippen LogP contribution in [0.15, 0.2) is 0 Å². The van der Waals surface area contributed by atoms with Gasteiger partial charge < -0.3 is 0 Å². The minimum atomic E-state index is -1.08. The van der Waals surface area contributed by atoms with Crippen molar-refractivity contribution >= 4 is 0 Å². The number of hydrogen-bond donors (Lipinski definition) is 0. The van der Waals surface area contributed by atoms with Crippen molar-refractivity contribution in [2.45, 2.75) is 33.4 Å². The predicted octanol–water partition coefficient (Wildman–Crippen LogP) is 2.35. The van der Waals surface area contributed by atoms with E-state index in [1.54, 1.807) is 27.7 Å². The SMILES string of the molecule is C[C-](C)C(C)(C)F. The molecule has 0 aliphatic rings. The van der Waals surface area contributed by atoms with Crippen LogP contribution in [0, 0.1) is 5.92 Å². The van der Waals surface area contributed by atoms with E-state index in [0.717, 1.165) is 5.92 Å². The molecule has 0 aliphatic carbocycles. The molecule has 0 fully saturated rings. The Kier molecular flexibility index (Phi) is 1.79. The molecular weight excluding hydrogens is 91.1 g/mol. The summed E-state index contributed by atoms with van der Waals surface area (Å²) in [4.78, 5) is 0. The molecule has 1 heteroatoms. The molecule has 0 aromatic heterocycles. The van der Waals surface area contributed by atoms with Gasteiger partial charge in [0.15, 0.2) is 0 Å². The second kappa shape index (κ2) is 1.81. The van der Waals surface area contributed by atoms with Crippen LogP contribution in [0.25, 0.3) is 0 Å². The average Bonchev–Trinajstić information content (AvgIpc) is 1.31. The third-order valence-electron chi connectivity index (χ3n) is 1.19. The molecule has 0 nitrogen and oxygen atoms in total. The van der Waals surface area contributed by atoms with Crippen LogP contribution in [0.4, 0.5) is 4.39 Å². The van der Waals surface area contributed by atoms with Crippen molar-refractivity contribution in [1.29, 1.82) is 0 Å². The monoisotopic (exact) mass is 103 g/mol. The summed E-state index contributed by atoms with van der Waals surface area (Å²) < 4.78 is 12.5. The van der Waals surface area contributed by atoms with E-state index in [9.17, 15) is 4.39 Å². The van der Waals surface area contributed by atoms with E-state index < -0.39 is 5.67 Å². The van der Waals surface area contributed by atoms with Gasteiger partial charge in [-0.1, -0.05) is 13.8 Å². The standard InChI is InChI=1S/C6H12F/c1-5(2)6(3,4)7/h1-4H3/q-1. The first kappa shape index (κ1) is 6.93. The molecule has 0 bridgehead atoms. The van der Waals surface area contributed by atoms with Crippen LogP contribution in [0.5, 0.6) is 0 Å². The Morgan fingerprint density at radius 2 is 1.43 bits per heavy atom. The quantitative estimate of drug-likeness (QED) is 0.447. The fourth-order valence-electron chi connectivity index (χ4n) is 0. The van der Waals surface area contributed by atoms with Crippen molar-refractivity contribution < 1.29 is 4.39 Å². The molecule has 0 aromatic rings. The molecule has 0 unspecified atom stereocenters. The summed E-state index contributed by atoms with van der Waals surface area (Å²) in [6.45, 7) is 6.70. The first-order valence-corrected chi connectivity index (χ1v) is 2.44. The van der Waals surface area contributed by atoms with Crippen molar-refractivity contribution in [3.63, 3.8) is 0 Å².